The van der Waals surface area contributed by atoms with Crippen LogP contribution in [-0.4, -0.2) is 67.8 Å². The van der Waals surface area contributed by atoms with Crippen LogP contribution in [-0.2, 0) is 9.47 Å². The predicted octanol–water partition coefficient (Wildman–Crippen LogP) is -0.332. The van der Waals surface area contributed by atoms with Gasteiger partial charge in [-0.25, -0.2) is 15.0 Å². The summed E-state index contributed by atoms with van der Waals surface area (Å²) >= 11 is 0. The second-order valence-corrected chi connectivity index (χ2v) is 5.89. The molecule has 2 aromatic heterocycles. The lowest BCUT2D eigenvalue weighted by atomic mass is 10.2. The summed E-state index contributed by atoms with van der Waals surface area (Å²) in [7, 11) is 0. The maximum atomic E-state index is 10.2. The van der Waals surface area contributed by atoms with Crippen molar-refractivity contribution in [1.82, 2.24) is 19.5 Å². The molecule has 0 amide bonds. The molecule has 0 aliphatic carbocycles. The smallest absolute Gasteiger partial charge is 0.167 e. The van der Waals surface area contributed by atoms with Crippen LogP contribution in [0, 0.1) is 0 Å². The first-order valence-electron chi connectivity index (χ1n) is 7.72. The Hall–Kier alpha value is -1.81. The number of rotatable bonds is 4. The molecule has 9 heteroatoms. The fraction of sp³-hybridized carbons (Fsp3) is 0.643. The van der Waals surface area contributed by atoms with Crippen LogP contribution in [0.15, 0.2) is 12.7 Å². The number of nitrogens with zero attached hydrogens (tertiary/aromatic N) is 4. The van der Waals surface area contributed by atoms with Crippen molar-refractivity contribution in [2.75, 3.05) is 25.1 Å². The van der Waals surface area contributed by atoms with Crippen molar-refractivity contribution >= 4 is 17.0 Å². The first-order valence-corrected chi connectivity index (χ1v) is 7.72. The average molecular weight is 321 g/mol. The van der Waals surface area contributed by atoms with E-state index in [0.717, 1.165) is 13.0 Å². The Morgan fingerprint density at radius 1 is 1.35 bits per heavy atom. The van der Waals surface area contributed by atoms with Gasteiger partial charge in [0.15, 0.2) is 23.2 Å². The molecule has 4 rings (SSSR count). The zero-order valence-corrected chi connectivity index (χ0v) is 12.5. The predicted molar refractivity (Wildman–Crippen MR) is 79.8 cm³/mol. The van der Waals surface area contributed by atoms with E-state index in [1.807, 2.05) is 0 Å². The first-order chi connectivity index (χ1) is 11.3. The van der Waals surface area contributed by atoms with Crippen LogP contribution in [0.5, 0.6) is 0 Å². The third-order valence-electron chi connectivity index (χ3n) is 4.27. The van der Waals surface area contributed by atoms with Gasteiger partial charge in [0.25, 0.3) is 0 Å². The number of aliphatic hydroxyl groups is 2. The number of imidazole rings is 1. The van der Waals surface area contributed by atoms with Crippen molar-refractivity contribution < 1.29 is 19.7 Å². The van der Waals surface area contributed by atoms with Crippen molar-refractivity contribution in [2.24, 2.45) is 0 Å². The van der Waals surface area contributed by atoms with Crippen molar-refractivity contribution in [3.05, 3.63) is 12.7 Å². The first kappa shape index (κ1) is 14.8. The molecular formula is C14H19N5O4. The third kappa shape index (κ3) is 2.65. The molecule has 0 bridgehead atoms. The van der Waals surface area contributed by atoms with Crippen molar-refractivity contribution in [3.63, 3.8) is 0 Å². The van der Waals surface area contributed by atoms with E-state index in [-0.39, 0.29) is 18.8 Å². The minimum atomic E-state index is -0.709. The Bertz CT molecular complexity index is 687. The lowest BCUT2D eigenvalue weighted by molar-refractivity contribution is -0.0486. The molecule has 2 saturated heterocycles. The van der Waals surface area contributed by atoms with Crippen molar-refractivity contribution in [3.8, 4) is 0 Å². The Kier molecular flexibility index (Phi) is 3.85. The molecule has 4 heterocycles. The molecule has 4 unspecified atom stereocenters. The maximum Gasteiger partial charge on any atom is 0.167 e. The van der Waals surface area contributed by atoms with E-state index in [1.54, 1.807) is 10.9 Å². The highest BCUT2D eigenvalue weighted by Crippen LogP contribution is 2.31. The molecule has 0 saturated carbocycles. The second kappa shape index (κ2) is 6.00. The van der Waals surface area contributed by atoms with E-state index < -0.39 is 12.3 Å². The number of hydrogen-bond acceptors (Lipinski definition) is 8. The zero-order valence-electron chi connectivity index (χ0n) is 12.5. The molecule has 3 N–H and O–H groups in total. The molecule has 0 radical (unpaired) electrons. The molecule has 2 aliphatic rings. The van der Waals surface area contributed by atoms with E-state index in [2.05, 4.69) is 20.3 Å². The quantitative estimate of drug-likeness (QED) is 0.701. The monoisotopic (exact) mass is 321 g/mol. The number of aromatic nitrogens is 4. The average Bonchev–Trinajstić information content (AvgIpc) is 3.27. The summed E-state index contributed by atoms with van der Waals surface area (Å²) in [5.74, 6) is 0.649. The van der Waals surface area contributed by atoms with Crippen molar-refractivity contribution in [1.29, 1.82) is 0 Å². The van der Waals surface area contributed by atoms with Gasteiger partial charge in [-0.1, -0.05) is 0 Å². The fourth-order valence-corrected chi connectivity index (χ4v) is 3.08. The van der Waals surface area contributed by atoms with Crippen LogP contribution < -0.4 is 5.32 Å². The van der Waals surface area contributed by atoms with Gasteiger partial charge in [0.1, 0.15) is 12.4 Å². The number of fused-ring (bicyclic) bond motifs is 1. The van der Waals surface area contributed by atoms with Gasteiger partial charge in [0, 0.05) is 13.0 Å². The summed E-state index contributed by atoms with van der Waals surface area (Å²) in [6.07, 6.45) is 2.68. The van der Waals surface area contributed by atoms with Crippen LogP contribution in [0.3, 0.4) is 0 Å². The van der Waals surface area contributed by atoms with Crippen molar-refractivity contribution in [2.45, 2.75) is 37.3 Å². The molecule has 0 aromatic carbocycles. The number of nitrogens with one attached hydrogen (secondary N) is 1. The van der Waals surface area contributed by atoms with E-state index in [4.69, 9.17) is 9.47 Å². The van der Waals surface area contributed by atoms with Gasteiger partial charge in [-0.05, 0) is 6.42 Å². The molecule has 2 fully saturated rings. The minimum Gasteiger partial charge on any atom is -0.394 e. The molecule has 9 nitrogen and oxygen atoms in total. The Morgan fingerprint density at radius 3 is 3.00 bits per heavy atom. The summed E-state index contributed by atoms with van der Waals surface area (Å²) < 4.78 is 12.7. The lowest BCUT2D eigenvalue weighted by Crippen LogP contribution is -2.21. The summed E-state index contributed by atoms with van der Waals surface area (Å²) in [5, 5.41) is 22.7. The molecule has 124 valence electrons. The Morgan fingerprint density at radius 2 is 2.26 bits per heavy atom. The molecule has 2 aromatic rings. The number of hydrogen-bond donors (Lipinski definition) is 3. The molecule has 0 spiro atoms. The second-order valence-electron chi connectivity index (χ2n) is 5.89. The van der Waals surface area contributed by atoms with Crippen LogP contribution in [0.1, 0.15) is 19.1 Å². The van der Waals surface area contributed by atoms with Crippen LogP contribution in [0.25, 0.3) is 11.2 Å². The Labute approximate surface area is 132 Å². The molecule has 4 atom stereocenters. The molecule has 2 aliphatic heterocycles. The van der Waals surface area contributed by atoms with Gasteiger partial charge in [-0.3, -0.25) is 4.57 Å². The summed E-state index contributed by atoms with van der Waals surface area (Å²) in [4.78, 5) is 12.9. The highest BCUT2D eigenvalue weighted by Gasteiger charge is 2.36. The topological polar surface area (TPSA) is 115 Å². The van der Waals surface area contributed by atoms with Gasteiger partial charge < -0.3 is 25.0 Å². The van der Waals surface area contributed by atoms with Crippen LogP contribution >= 0.6 is 0 Å². The van der Waals surface area contributed by atoms with Crippen LogP contribution in [0.4, 0.5) is 5.82 Å². The third-order valence-corrected chi connectivity index (χ3v) is 4.27. The number of aliphatic hydroxyl groups excluding tert-OH is 2. The van der Waals surface area contributed by atoms with E-state index in [1.165, 1.54) is 6.33 Å². The van der Waals surface area contributed by atoms with Gasteiger partial charge in [0.05, 0.1) is 31.7 Å². The zero-order chi connectivity index (χ0) is 15.8. The highest BCUT2D eigenvalue weighted by atomic mass is 16.5. The van der Waals surface area contributed by atoms with Gasteiger partial charge in [0.2, 0.25) is 0 Å². The minimum absolute atomic E-state index is 0.121. The lowest BCUT2D eigenvalue weighted by Gasteiger charge is -2.16. The number of anilines is 1. The normalized spacial score (nSPS) is 31.0. The Balaban J connectivity index is 1.64. The van der Waals surface area contributed by atoms with E-state index >= 15 is 0 Å². The standard InChI is InChI=1S/C14H19N5O4/c20-4-9-3-10(21)14(23-9)19-7-17-11-12(15-6-16-13(11)19)18-8-1-2-22-5-8/h6-10,14,20-21H,1-5H2,(H,15,16,18). The summed E-state index contributed by atoms with van der Waals surface area (Å²) in [6, 6.07) is 0.213. The summed E-state index contributed by atoms with van der Waals surface area (Å²) in [6.45, 7) is 1.27. The SMILES string of the molecule is OCC1CC(O)C(n2cnc3c(NC4CCOC4)ncnc32)O1. The van der Waals surface area contributed by atoms with Gasteiger partial charge in [-0.2, -0.15) is 0 Å². The largest absolute Gasteiger partial charge is 0.394 e. The van der Waals surface area contributed by atoms with Crippen LogP contribution in [0.2, 0.25) is 0 Å². The maximum absolute atomic E-state index is 10.2. The summed E-state index contributed by atoms with van der Waals surface area (Å²) in [5.41, 5.74) is 1.21. The highest BCUT2D eigenvalue weighted by molar-refractivity contribution is 5.82. The van der Waals surface area contributed by atoms with Gasteiger partial charge in [-0.15, -0.1) is 0 Å². The van der Waals surface area contributed by atoms with E-state index in [0.29, 0.717) is 30.0 Å². The van der Waals surface area contributed by atoms with Gasteiger partial charge >= 0.3 is 0 Å². The molecular weight excluding hydrogens is 302 g/mol. The number of ether oxygens (including phenoxy) is 2. The fourth-order valence-electron chi connectivity index (χ4n) is 3.08. The van der Waals surface area contributed by atoms with E-state index in [9.17, 15) is 10.2 Å². The molecule has 23 heavy (non-hydrogen) atoms.